The maximum absolute atomic E-state index is 4.70. The maximum Gasteiger partial charge on any atom is 0.0926 e. The lowest BCUT2D eigenvalue weighted by Crippen LogP contribution is -2.36. The van der Waals surface area contributed by atoms with E-state index in [0.717, 1.165) is 47.5 Å². The Morgan fingerprint density at radius 3 is 2.89 bits per heavy atom. The number of H-pyrrole nitrogens is 2. The lowest BCUT2D eigenvalue weighted by molar-refractivity contribution is 0.200. The van der Waals surface area contributed by atoms with Gasteiger partial charge < -0.3 is 4.98 Å². The lowest BCUT2D eigenvalue weighted by Gasteiger charge is -2.35. The summed E-state index contributed by atoms with van der Waals surface area (Å²) in [6.07, 6.45) is 4.66. The molecule has 0 saturated carbocycles. The van der Waals surface area contributed by atoms with Crippen molar-refractivity contribution in [2.75, 3.05) is 6.54 Å². The predicted octanol–water partition coefficient (Wildman–Crippen LogP) is 3.45. The standard InChI is InChI=1S/C21H22N6/c1-13-17(14(2)26-25-13)11-27-10-8-18-20(24-12-23-18)21(27)16-7-3-5-15-6-4-9-22-19(15)16/h3-7,9,12,21H,8,10-11H2,1-2H3,(H,23,24)(H,25,26)/t21-/m0/s1. The molecule has 0 bridgehead atoms. The number of imidazole rings is 1. The van der Waals surface area contributed by atoms with E-state index in [-0.39, 0.29) is 6.04 Å². The molecular weight excluding hydrogens is 336 g/mol. The van der Waals surface area contributed by atoms with Crippen LogP contribution >= 0.6 is 0 Å². The smallest absolute Gasteiger partial charge is 0.0926 e. The number of nitrogens with one attached hydrogen (secondary N) is 2. The van der Waals surface area contributed by atoms with Gasteiger partial charge in [-0.3, -0.25) is 15.0 Å². The van der Waals surface area contributed by atoms with E-state index in [1.165, 1.54) is 16.8 Å². The van der Waals surface area contributed by atoms with Gasteiger partial charge in [0.2, 0.25) is 0 Å². The normalized spacial score (nSPS) is 17.3. The van der Waals surface area contributed by atoms with Crippen molar-refractivity contribution in [3.8, 4) is 0 Å². The minimum absolute atomic E-state index is 0.0762. The first-order valence-corrected chi connectivity index (χ1v) is 9.32. The van der Waals surface area contributed by atoms with E-state index in [4.69, 9.17) is 9.97 Å². The molecule has 0 fully saturated rings. The molecule has 3 aromatic heterocycles. The van der Waals surface area contributed by atoms with E-state index < -0.39 is 0 Å². The SMILES string of the molecule is Cc1n[nH]c(C)c1CN1CCc2[nH]cnc2[C@@H]1c1cccc2cccnc12. The number of aryl methyl sites for hydroxylation is 2. The molecule has 6 heteroatoms. The van der Waals surface area contributed by atoms with Crippen LogP contribution in [0.2, 0.25) is 0 Å². The molecule has 136 valence electrons. The van der Waals surface area contributed by atoms with Crippen LogP contribution in [-0.4, -0.2) is 36.6 Å². The first kappa shape index (κ1) is 16.2. The van der Waals surface area contributed by atoms with Crippen molar-refractivity contribution in [2.45, 2.75) is 32.9 Å². The van der Waals surface area contributed by atoms with Crippen molar-refractivity contribution in [2.24, 2.45) is 0 Å². The molecule has 0 aliphatic carbocycles. The summed E-state index contributed by atoms with van der Waals surface area (Å²) in [5.41, 5.74) is 8.06. The Bertz CT molecular complexity index is 1080. The highest BCUT2D eigenvalue weighted by Crippen LogP contribution is 2.37. The highest BCUT2D eigenvalue weighted by atomic mass is 15.2. The monoisotopic (exact) mass is 358 g/mol. The third kappa shape index (κ3) is 2.64. The molecule has 1 atom stereocenters. The molecule has 4 aromatic rings. The minimum Gasteiger partial charge on any atom is -0.348 e. The molecule has 1 aliphatic rings. The van der Waals surface area contributed by atoms with Gasteiger partial charge in [-0.15, -0.1) is 0 Å². The molecule has 1 aliphatic heterocycles. The van der Waals surface area contributed by atoms with Crippen LogP contribution in [0.1, 0.15) is 39.9 Å². The molecule has 27 heavy (non-hydrogen) atoms. The van der Waals surface area contributed by atoms with Crippen molar-refractivity contribution >= 4 is 10.9 Å². The van der Waals surface area contributed by atoms with E-state index in [9.17, 15) is 0 Å². The molecule has 0 saturated heterocycles. The summed E-state index contributed by atoms with van der Waals surface area (Å²) in [5.74, 6) is 0. The Kier molecular flexibility index (Phi) is 3.79. The molecule has 4 heterocycles. The second-order valence-corrected chi connectivity index (χ2v) is 7.22. The summed E-state index contributed by atoms with van der Waals surface area (Å²) in [4.78, 5) is 15.2. The molecular formula is C21H22N6. The van der Waals surface area contributed by atoms with Crippen LogP contribution in [0.15, 0.2) is 42.9 Å². The summed E-state index contributed by atoms with van der Waals surface area (Å²) < 4.78 is 0. The van der Waals surface area contributed by atoms with Gasteiger partial charge in [-0.1, -0.05) is 24.3 Å². The Labute approximate surface area is 157 Å². The van der Waals surface area contributed by atoms with Crippen LogP contribution in [-0.2, 0) is 13.0 Å². The largest absolute Gasteiger partial charge is 0.348 e. The molecule has 1 aromatic carbocycles. The highest BCUT2D eigenvalue weighted by molar-refractivity contribution is 5.82. The van der Waals surface area contributed by atoms with Crippen LogP contribution in [0.25, 0.3) is 10.9 Å². The number of aromatic amines is 2. The molecule has 0 amide bonds. The van der Waals surface area contributed by atoms with Gasteiger partial charge in [-0.05, 0) is 19.9 Å². The van der Waals surface area contributed by atoms with Crippen molar-refractivity contribution in [3.63, 3.8) is 0 Å². The summed E-state index contributed by atoms with van der Waals surface area (Å²) >= 11 is 0. The predicted molar refractivity (Wildman–Crippen MR) is 104 cm³/mol. The van der Waals surface area contributed by atoms with Gasteiger partial charge >= 0.3 is 0 Å². The van der Waals surface area contributed by atoms with Crippen LogP contribution in [0.5, 0.6) is 0 Å². The quantitative estimate of drug-likeness (QED) is 0.588. The topological polar surface area (TPSA) is 73.5 Å². The zero-order valence-corrected chi connectivity index (χ0v) is 15.5. The Morgan fingerprint density at radius 2 is 2.04 bits per heavy atom. The first-order valence-electron chi connectivity index (χ1n) is 9.32. The Balaban J connectivity index is 1.65. The van der Waals surface area contributed by atoms with Crippen LogP contribution < -0.4 is 0 Å². The Morgan fingerprint density at radius 1 is 1.15 bits per heavy atom. The van der Waals surface area contributed by atoms with Crippen molar-refractivity contribution in [1.29, 1.82) is 0 Å². The second-order valence-electron chi connectivity index (χ2n) is 7.22. The molecule has 6 nitrogen and oxygen atoms in total. The minimum atomic E-state index is 0.0762. The number of pyridine rings is 1. The summed E-state index contributed by atoms with van der Waals surface area (Å²) in [5, 5.41) is 8.65. The van der Waals surface area contributed by atoms with E-state index >= 15 is 0 Å². The molecule has 5 rings (SSSR count). The van der Waals surface area contributed by atoms with E-state index in [0.29, 0.717) is 0 Å². The fraction of sp³-hybridized carbons (Fsp3) is 0.286. The second kappa shape index (κ2) is 6.32. The lowest BCUT2D eigenvalue weighted by atomic mass is 9.93. The Hall–Kier alpha value is -2.99. The van der Waals surface area contributed by atoms with Crippen molar-refractivity contribution in [3.05, 3.63) is 76.8 Å². The number of rotatable bonds is 3. The van der Waals surface area contributed by atoms with E-state index in [1.807, 2.05) is 18.6 Å². The molecule has 0 spiro atoms. The van der Waals surface area contributed by atoms with Crippen LogP contribution in [0.4, 0.5) is 0 Å². The van der Waals surface area contributed by atoms with Gasteiger partial charge in [0, 0.05) is 53.6 Å². The molecule has 2 N–H and O–H groups in total. The highest BCUT2D eigenvalue weighted by Gasteiger charge is 2.33. The number of benzene rings is 1. The molecule has 0 unspecified atom stereocenters. The number of nitrogens with zero attached hydrogens (tertiary/aromatic N) is 4. The average Bonchev–Trinajstić information content (AvgIpc) is 3.29. The fourth-order valence-electron chi connectivity index (χ4n) is 4.20. The van der Waals surface area contributed by atoms with Gasteiger partial charge in [0.25, 0.3) is 0 Å². The number of fused-ring (bicyclic) bond motifs is 2. The number of hydrogen-bond donors (Lipinski definition) is 2. The molecule has 0 radical (unpaired) electrons. The van der Waals surface area contributed by atoms with E-state index in [1.54, 1.807) is 0 Å². The third-order valence-corrected chi connectivity index (χ3v) is 5.63. The summed E-state index contributed by atoms with van der Waals surface area (Å²) in [7, 11) is 0. The van der Waals surface area contributed by atoms with Crippen LogP contribution in [0.3, 0.4) is 0 Å². The van der Waals surface area contributed by atoms with Gasteiger partial charge in [-0.25, -0.2) is 4.98 Å². The number of para-hydroxylation sites is 1. The summed E-state index contributed by atoms with van der Waals surface area (Å²) in [6.45, 7) is 5.96. The zero-order valence-electron chi connectivity index (χ0n) is 15.5. The van der Waals surface area contributed by atoms with Gasteiger partial charge in [0.05, 0.1) is 29.3 Å². The first-order chi connectivity index (χ1) is 13.2. The maximum atomic E-state index is 4.70. The third-order valence-electron chi connectivity index (χ3n) is 5.63. The summed E-state index contributed by atoms with van der Waals surface area (Å²) in [6, 6.07) is 10.6. The van der Waals surface area contributed by atoms with Gasteiger partial charge in [0.15, 0.2) is 0 Å². The van der Waals surface area contributed by atoms with E-state index in [2.05, 4.69) is 58.2 Å². The van der Waals surface area contributed by atoms with Crippen molar-refractivity contribution in [1.82, 2.24) is 30.0 Å². The van der Waals surface area contributed by atoms with Gasteiger partial charge in [-0.2, -0.15) is 5.10 Å². The number of hydrogen-bond acceptors (Lipinski definition) is 4. The fourth-order valence-corrected chi connectivity index (χ4v) is 4.20. The zero-order chi connectivity index (χ0) is 18.4. The number of aromatic nitrogens is 5. The average molecular weight is 358 g/mol. The van der Waals surface area contributed by atoms with Crippen molar-refractivity contribution < 1.29 is 0 Å². The van der Waals surface area contributed by atoms with Crippen LogP contribution in [0, 0.1) is 13.8 Å². The van der Waals surface area contributed by atoms with Gasteiger partial charge in [0.1, 0.15) is 0 Å².